The highest BCUT2D eigenvalue weighted by molar-refractivity contribution is 6.30. The van der Waals surface area contributed by atoms with E-state index in [0.717, 1.165) is 35.1 Å². The van der Waals surface area contributed by atoms with Crippen molar-refractivity contribution in [2.45, 2.75) is 6.42 Å². The summed E-state index contributed by atoms with van der Waals surface area (Å²) in [5.41, 5.74) is 3.11. The summed E-state index contributed by atoms with van der Waals surface area (Å²) in [6.45, 7) is 5.09. The third kappa shape index (κ3) is 5.07. The minimum atomic E-state index is 0.580. The van der Waals surface area contributed by atoms with Gasteiger partial charge in [-0.25, -0.2) is 4.98 Å². The Bertz CT molecular complexity index is 865. The fourth-order valence-corrected chi connectivity index (χ4v) is 2.78. The number of anilines is 2. The van der Waals surface area contributed by atoms with E-state index in [0.29, 0.717) is 12.5 Å². The van der Waals surface area contributed by atoms with Crippen LogP contribution in [-0.2, 0) is 6.42 Å². The van der Waals surface area contributed by atoms with Crippen LogP contribution in [0.1, 0.15) is 5.56 Å². The first-order chi connectivity index (χ1) is 12.7. The Kier molecular flexibility index (Phi) is 6.23. The van der Waals surface area contributed by atoms with Crippen LogP contribution in [0.15, 0.2) is 73.3 Å². The highest BCUT2D eigenvalue weighted by atomic mass is 35.5. The Hall–Kier alpha value is -2.85. The molecule has 0 saturated heterocycles. The average Bonchev–Trinajstić information content (AvgIpc) is 2.67. The third-order valence-corrected chi connectivity index (χ3v) is 4.04. The maximum absolute atomic E-state index is 6.04. The van der Waals surface area contributed by atoms with E-state index < -0.39 is 0 Å². The van der Waals surface area contributed by atoms with Crippen molar-refractivity contribution in [2.24, 2.45) is 0 Å². The summed E-state index contributed by atoms with van der Waals surface area (Å²) in [5, 5.41) is 7.30. The van der Waals surface area contributed by atoms with Crippen LogP contribution in [0.5, 0.6) is 0 Å². The SMILES string of the molecule is C=CCNc1nc(NCCc2cccc(Cl)c2)cc(-c2ccccc2)n1. The van der Waals surface area contributed by atoms with Gasteiger partial charge in [-0.05, 0) is 24.1 Å². The van der Waals surface area contributed by atoms with E-state index >= 15 is 0 Å². The molecule has 3 aromatic rings. The van der Waals surface area contributed by atoms with E-state index in [2.05, 4.69) is 33.2 Å². The van der Waals surface area contributed by atoms with Crippen molar-refractivity contribution >= 4 is 23.4 Å². The topological polar surface area (TPSA) is 49.8 Å². The second-order valence-electron chi connectivity index (χ2n) is 5.80. The van der Waals surface area contributed by atoms with Crippen LogP contribution in [0, 0.1) is 0 Å². The molecule has 1 aromatic heterocycles. The van der Waals surface area contributed by atoms with E-state index in [1.165, 1.54) is 5.56 Å². The largest absolute Gasteiger partial charge is 0.370 e. The minimum Gasteiger partial charge on any atom is -0.370 e. The number of hydrogen-bond donors (Lipinski definition) is 2. The molecule has 26 heavy (non-hydrogen) atoms. The molecule has 0 aliphatic rings. The van der Waals surface area contributed by atoms with E-state index in [-0.39, 0.29) is 0 Å². The molecule has 0 radical (unpaired) electrons. The molecule has 2 N–H and O–H groups in total. The Balaban J connectivity index is 1.75. The second-order valence-corrected chi connectivity index (χ2v) is 6.24. The Morgan fingerprint density at radius 3 is 2.58 bits per heavy atom. The maximum atomic E-state index is 6.04. The summed E-state index contributed by atoms with van der Waals surface area (Å²) >= 11 is 6.04. The van der Waals surface area contributed by atoms with Crippen molar-refractivity contribution in [3.05, 3.63) is 83.9 Å². The predicted octanol–water partition coefficient (Wildman–Crippen LogP) is 5.05. The number of hydrogen-bond acceptors (Lipinski definition) is 4. The van der Waals surface area contributed by atoms with Gasteiger partial charge in [-0.1, -0.05) is 60.1 Å². The Morgan fingerprint density at radius 1 is 0.962 bits per heavy atom. The lowest BCUT2D eigenvalue weighted by Crippen LogP contribution is -2.10. The molecule has 1 heterocycles. The first-order valence-electron chi connectivity index (χ1n) is 8.52. The van der Waals surface area contributed by atoms with Crippen LogP contribution < -0.4 is 10.6 Å². The molecule has 0 atom stereocenters. The van der Waals surface area contributed by atoms with Gasteiger partial charge in [0.25, 0.3) is 0 Å². The molecule has 5 heteroatoms. The van der Waals surface area contributed by atoms with Crippen LogP contribution in [0.25, 0.3) is 11.3 Å². The molecule has 0 spiro atoms. The summed E-state index contributed by atoms with van der Waals surface area (Å²) in [6, 6.07) is 19.9. The quantitative estimate of drug-likeness (QED) is 0.549. The van der Waals surface area contributed by atoms with Crippen molar-refractivity contribution in [1.82, 2.24) is 9.97 Å². The summed E-state index contributed by atoms with van der Waals surface area (Å²) < 4.78 is 0. The second kappa shape index (κ2) is 9.02. The molecule has 3 rings (SSSR count). The number of aromatic nitrogens is 2. The summed E-state index contributed by atoms with van der Waals surface area (Å²) in [6.07, 6.45) is 2.64. The van der Waals surface area contributed by atoms with Crippen LogP contribution in [0.2, 0.25) is 5.02 Å². The van der Waals surface area contributed by atoms with E-state index in [1.807, 2.05) is 54.6 Å². The monoisotopic (exact) mass is 364 g/mol. The molecular formula is C21H21ClN4. The standard InChI is InChI=1S/C21H21ClN4/c1-2-12-24-21-25-19(17-8-4-3-5-9-17)15-20(26-21)23-13-11-16-7-6-10-18(22)14-16/h2-10,14-15H,1,11-13H2,(H2,23,24,25,26). The third-order valence-electron chi connectivity index (χ3n) is 3.81. The van der Waals surface area contributed by atoms with Gasteiger partial charge >= 0.3 is 0 Å². The van der Waals surface area contributed by atoms with Gasteiger partial charge < -0.3 is 10.6 Å². The molecule has 0 aliphatic heterocycles. The molecule has 0 bridgehead atoms. The van der Waals surface area contributed by atoms with Gasteiger partial charge in [0, 0.05) is 29.7 Å². The zero-order valence-corrected chi connectivity index (χ0v) is 15.2. The van der Waals surface area contributed by atoms with Crippen LogP contribution in [0.4, 0.5) is 11.8 Å². The zero-order chi connectivity index (χ0) is 18.2. The normalized spacial score (nSPS) is 10.3. The molecule has 0 fully saturated rings. The zero-order valence-electron chi connectivity index (χ0n) is 14.5. The van der Waals surface area contributed by atoms with E-state index in [9.17, 15) is 0 Å². The molecule has 2 aromatic carbocycles. The first kappa shape index (κ1) is 18.0. The van der Waals surface area contributed by atoms with Gasteiger partial charge in [-0.15, -0.1) is 6.58 Å². The van der Waals surface area contributed by atoms with Crippen molar-refractivity contribution in [1.29, 1.82) is 0 Å². The lowest BCUT2D eigenvalue weighted by atomic mass is 10.1. The van der Waals surface area contributed by atoms with E-state index in [1.54, 1.807) is 6.08 Å². The van der Waals surface area contributed by atoms with Gasteiger partial charge in [-0.3, -0.25) is 0 Å². The number of rotatable bonds is 8. The number of nitrogens with one attached hydrogen (secondary N) is 2. The predicted molar refractivity (Wildman–Crippen MR) is 110 cm³/mol. The van der Waals surface area contributed by atoms with Gasteiger partial charge in [0.1, 0.15) is 5.82 Å². The number of halogens is 1. The van der Waals surface area contributed by atoms with Crippen LogP contribution in [-0.4, -0.2) is 23.1 Å². The molecule has 4 nitrogen and oxygen atoms in total. The highest BCUT2D eigenvalue weighted by Crippen LogP contribution is 2.21. The maximum Gasteiger partial charge on any atom is 0.225 e. The summed E-state index contributed by atoms with van der Waals surface area (Å²) in [7, 11) is 0. The molecule has 132 valence electrons. The van der Waals surface area contributed by atoms with Crippen LogP contribution >= 0.6 is 11.6 Å². The average molecular weight is 365 g/mol. The first-order valence-corrected chi connectivity index (χ1v) is 8.90. The van der Waals surface area contributed by atoms with Gasteiger partial charge in [0.05, 0.1) is 5.69 Å². The van der Waals surface area contributed by atoms with E-state index in [4.69, 9.17) is 11.6 Å². The summed E-state index contributed by atoms with van der Waals surface area (Å²) in [5.74, 6) is 1.36. The Labute approximate surface area is 159 Å². The summed E-state index contributed by atoms with van der Waals surface area (Å²) in [4.78, 5) is 9.13. The van der Waals surface area contributed by atoms with Crippen LogP contribution in [0.3, 0.4) is 0 Å². The van der Waals surface area contributed by atoms with Gasteiger partial charge in [-0.2, -0.15) is 4.98 Å². The Morgan fingerprint density at radius 2 is 1.81 bits per heavy atom. The van der Waals surface area contributed by atoms with Gasteiger partial charge in [0.15, 0.2) is 0 Å². The molecular weight excluding hydrogens is 344 g/mol. The molecule has 0 saturated carbocycles. The number of benzene rings is 2. The molecule has 0 aliphatic carbocycles. The van der Waals surface area contributed by atoms with Crippen molar-refractivity contribution in [2.75, 3.05) is 23.7 Å². The number of nitrogens with zero attached hydrogens (tertiary/aromatic N) is 2. The van der Waals surface area contributed by atoms with Gasteiger partial charge in [0.2, 0.25) is 5.95 Å². The smallest absolute Gasteiger partial charge is 0.225 e. The fraction of sp³-hybridized carbons (Fsp3) is 0.143. The lowest BCUT2D eigenvalue weighted by Gasteiger charge is -2.11. The molecule has 0 unspecified atom stereocenters. The molecule has 0 amide bonds. The highest BCUT2D eigenvalue weighted by Gasteiger charge is 2.06. The van der Waals surface area contributed by atoms with Crippen molar-refractivity contribution < 1.29 is 0 Å². The van der Waals surface area contributed by atoms with Crippen molar-refractivity contribution in [3.8, 4) is 11.3 Å². The van der Waals surface area contributed by atoms with Crippen molar-refractivity contribution in [3.63, 3.8) is 0 Å². The fourth-order valence-electron chi connectivity index (χ4n) is 2.56. The lowest BCUT2D eigenvalue weighted by molar-refractivity contribution is 0.999. The minimum absolute atomic E-state index is 0.580.